The third-order valence-electron chi connectivity index (χ3n) is 6.62. The molecular formula is C23H30N2O4. The van der Waals surface area contributed by atoms with Crippen LogP contribution in [0.2, 0.25) is 0 Å². The Morgan fingerprint density at radius 2 is 2.07 bits per heavy atom. The van der Waals surface area contributed by atoms with Crippen LogP contribution in [0.4, 0.5) is 0 Å². The lowest BCUT2D eigenvalue weighted by molar-refractivity contribution is -0.120. The molecule has 1 aromatic carbocycles. The normalized spacial score (nSPS) is 22.3. The van der Waals surface area contributed by atoms with Crippen molar-refractivity contribution < 1.29 is 13.9 Å². The van der Waals surface area contributed by atoms with E-state index in [4.69, 9.17) is 9.15 Å². The van der Waals surface area contributed by atoms with E-state index >= 15 is 0 Å². The van der Waals surface area contributed by atoms with Crippen LogP contribution >= 0.6 is 0 Å². The zero-order chi connectivity index (χ0) is 20.4. The molecule has 2 atom stereocenters. The van der Waals surface area contributed by atoms with Gasteiger partial charge < -0.3 is 19.4 Å². The molecule has 0 radical (unpaired) electrons. The number of hydrogen-bond donors (Lipinski definition) is 1. The summed E-state index contributed by atoms with van der Waals surface area (Å²) in [6.07, 6.45) is 6.23. The second-order valence-corrected chi connectivity index (χ2v) is 8.34. The molecule has 0 bridgehead atoms. The molecular weight excluding hydrogens is 368 g/mol. The van der Waals surface area contributed by atoms with Crippen molar-refractivity contribution in [3.63, 3.8) is 0 Å². The van der Waals surface area contributed by atoms with Crippen molar-refractivity contribution in [2.45, 2.75) is 51.5 Å². The molecule has 0 spiro atoms. The highest BCUT2D eigenvalue weighted by atomic mass is 16.5. The standard InChI is InChI=1S/C23H30N2O4/c1-15-18-9-8-17(28-2)12-21(18)29-23(27)19(15)13-22(26)24-14-16-6-5-11-25-10-4-3-7-20(16)25/h8-9,12,16,20H,3-7,10-11,13-14H2,1-2H3,(H,24,26). The second-order valence-electron chi connectivity index (χ2n) is 8.34. The van der Waals surface area contributed by atoms with E-state index in [9.17, 15) is 9.59 Å². The predicted molar refractivity (Wildman–Crippen MR) is 112 cm³/mol. The first-order valence-corrected chi connectivity index (χ1v) is 10.7. The number of rotatable bonds is 5. The van der Waals surface area contributed by atoms with Crippen LogP contribution in [0.3, 0.4) is 0 Å². The Kier molecular flexibility index (Phi) is 5.90. The van der Waals surface area contributed by atoms with Gasteiger partial charge in [-0.2, -0.15) is 0 Å². The molecule has 29 heavy (non-hydrogen) atoms. The van der Waals surface area contributed by atoms with E-state index in [0.717, 1.165) is 10.9 Å². The van der Waals surface area contributed by atoms with E-state index in [-0.39, 0.29) is 12.3 Å². The molecule has 1 N–H and O–H groups in total. The van der Waals surface area contributed by atoms with Crippen molar-refractivity contribution in [2.24, 2.45) is 5.92 Å². The summed E-state index contributed by atoms with van der Waals surface area (Å²) in [7, 11) is 1.57. The van der Waals surface area contributed by atoms with Crippen molar-refractivity contribution in [2.75, 3.05) is 26.7 Å². The molecule has 2 aliphatic rings. The molecule has 2 saturated heterocycles. The number of methoxy groups -OCH3 is 1. The molecule has 3 heterocycles. The third-order valence-corrected chi connectivity index (χ3v) is 6.62. The maximum Gasteiger partial charge on any atom is 0.340 e. The van der Waals surface area contributed by atoms with Crippen LogP contribution in [0.1, 0.15) is 43.2 Å². The first-order chi connectivity index (χ1) is 14.1. The number of benzene rings is 1. The Balaban J connectivity index is 1.44. The van der Waals surface area contributed by atoms with E-state index in [0.29, 0.717) is 35.4 Å². The van der Waals surface area contributed by atoms with Crippen LogP contribution in [0.5, 0.6) is 5.75 Å². The number of hydrogen-bond acceptors (Lipinski definition) is 5. The van der Waals surface area contributed by atoms with Gasteiger partial charge in [0.05, 0.1) is 19.1 Å². The summed E-state index contributed by atoms with van der Waals surface area (Å²) in [6.45, 7) is 4.94. The molecule has 156 valence electrons. The zero-order valence-corrected chi connectivity index (χ0v) is 17.3. The Hall–Kier alpha value is -2.34. The van der Waals surface area contributed by atoms with Gasteiger partial charge in [0, 0.05) is 24.0 Å². The summed E-state index contributed by atoms with van der Waals surface area (Å²) < 4.78 is 10.7. The summed E-state index contributed by atoms with van der Waals surface area (Å²) in [5.41, 5.74) is 1.26. The molecule has 0 aliphatic carbocycles. The molecule has 6 heteroatoms. The number of carbonyl (C=O) groups excluding carboxylic acids is 1. The lowest BCUT2D eigenvalue weighted by atomic mass is 9.83. The minimum Gasteiger partial charge on any atom is -0.497 e. The van der Waals surface area contributed by atoms with E-state index in [2.05, 4.69) is 10.2 Å². The summed E-state index contributed by atoms with van der Waals surface area (Å²) in [6, 6.07) is 6.00. The topological polar surface area (TPSA) is 71.8 Å². The molecule has 1 amide bonds. The van der Waals surface area contributed by atoms with Crippen LogP contribution in [0, 0.1) is 12.8 Å². The molecule has 6 nitrogen and oxygen atoms in total. The van der Waals surface area contributed by atoms with Gasteiger partial charge in [0.15, 0.2) is 0 Å². The molecule has 2 fully saturated rings. The summed E-state index contributed by atoms with van der Waals surface area (Å²) in [5.74, 6) is 1.03. The van der Waals surface area contributed by atoms with E-state index in [1.807, 2.05) is 19.1 Å². The van der Waals surface area contributed by atoms with E-state index in [1.54, 1.807) is 13.2 Å². The number of piperidine rings is 2. The van der Waals surface area contributed by atoms with Crippen LogP contribution in [0.25, 0.3) is 11.0 Å². The average Bonchev–Trinajstić information content (AvgIpc) is 2.74. The van der Waals surface area contributed by atoms with Gasteiger partial charge in [-0.15, -0.1) is 0 Å². The van der Waals surface area contributed by atoms with Gasteiger partial charge in [-0.25, -0.2) is 4.79 Å². The highest BCUT2D eigenvalue weighted by Crippen LogP contribution is 2.30. The largest absolute Gasteiger partial charge is 0.497 e. The van der Waals surface area contributed by atoms with Crippen LogP contribution in [-0.4, -0.2) is 43.6 Å². The highest BCUT2D eigenvalue weighted by Gasteiger charge is 2.33. The Morgan fingerprint density at radius 1 is 1.24 bits per heavy atom. The lowest BCUT2D eigenvalue weighted by Crippen LogP contribution is -2.51. The van der Waals surface area contributed by atoms with Crippen molar-refractivity contribution >= 4 is 16.9 Å². The van der Waals surface area contributed by atoms with Gasteiger partial charge in [-0.3, -0.25) is 4.79 Å². The number of fused-ring (bicyclic) bond motifs is 2. The first kappa shape index (κ1) is 20.0. The Bertz CT molecular complexity index is 950. The fourth-order valence-corrected chi connectivity index (χ4v) is 4.99. The number of amides is 1. The Morgan fingerprint density at radius 3 is 2.90 bits per heavy atom. The monoisotopic (exact) mass is 398 g/mol. The van der Waals surface area contributed by atoms with E-state index < -0.39 is 5.63 Å². The van der Waals surface area contributed by atoms with Gasteiger partial charge in [0.1, 0.15) is 11.3 Å². The molecule has 2 aliphatic heterocycles. The van der Waals surface area contributed by atoms with Crippen molar-refractivity contribution in [1.29, 1.82) is 0 Å². The van der Waals surface area contributed by atoms with Crippen LogP contribution in [-0.2, 0) is 11.2 Å². The molecule has 2 unspecified atom stereocenters. The molecule has 2 aromatic rings. The van der Waals surface area contributed by atoms with E-state index in [1.165, 1.54) is 45.2 Å². The van der Waals surface area contributed by atoms with Gasteiger partial charge in [0.2, 0.25) is 5.91 Å². The van der Waals surface area contributed by atoms with Gasteiger partial charge in [0.25, 0.3) is 0 Å². The summed E-state index contributed by atoms with van der Waals surface area (Å²) in [5, 5.41) is 3.92. The number of aryl methyl sites for hydroxylation is 1. The number of nitrogens with one attached hydrogen (secondary N) is 1. The zero-order valence-electron chi connectivity index (χ0n) is 17.3. The minimum absolute atomic E-state index is 0.0528. The van der Waals surface area contributed by atoms with Gasteiger partial charge >= 0.3 is 5.63 Å². The molecule has 1 aromatic heterocycles. The fraction of sp³-hybridized carbons (Fsp3) is 0.565. The smallest absolute Gasteiger partial charge is 0.340 e. The van der Waals surface area contributed by atoms with Gasteiger partial charge in [-0.05, 0) is 69.3 Å². The highest BCUT2D eigenvalue weighted by molar-refractivity contribution is 5.85. The van der Waals surface area contributed by atoms with Crippen molar-refractivity contribution in [1.82, 2.24) is 10.2 Å². The maximum atomic E-state index is 12.6. The van der Waals surface area contributed by atoms with Crippen molar-refractivity contribution in [3.8, 4) is 5.75 Å². The quantitative estimate of drug-likeness (QED) is 0.784. The summed E-state index contributed by atoms with van der Waals surface area (Å²) >= 11 is 0. The predicted octanol–water partition coefficient (Wildman–Crippen LogP) is 3.03. The fourth-order valence-electron chi connectivity index (χ4n) is 4.99. The van der Waals surface area contributed by atoms with Crippen molar-refractivity contribution in [3.05, 3.63) is 39.7 Å². The number of nitrogens with zero attached hydrogens (tertiary/aromatic N) is 1. The summed E-state index contributed by atoms with van der Waals surface area (Å²) in [4.78, 5) is 27.7. The number of ether oxygens (including phenoxy) is 1. The molecule has 4 rings (SSSR count). The van der Waals surface area contributed by atoms with Crippen LogP contribution in [0.15, 0.2) is 27.4 Å². The number of carbonyl (C=O) groups is 1. The lowest BCUT2D eigenvalue weighted by Gasteiger charge is -2.44. The average molecular weight is 399 g/mol. The van der Waals surface area contributed by atoms with Gasteiger partial charge in [-0.1, -0.05) is 6.42 Å². The maximum absolute atomic E-state index is 12.6. The third kappa shape index (κ3) is 4.17. The first-order valence-electron chi connectivity index (χ1n) is 10.7. The minimum atomic E-state index is -0.450. The Labute approximate surface area is 171 Å². The SMILES string of the molecule is COc1ccc2c(C)c(CC(=O)NCC3CCCN4CCCCC34)c(=O)oc2c1. The second kappa shape index (κ2) is 8.57. The van der Waals surface area contributed by atoms with Crippen LogP contribution < -0.4 is 15.7 Å². The molecule has 0 saturated carbocycles.